The summed E-state index contributed by atoms with van der Waals surface area (Å²) in [6.07, 6.45) is 0.429. The largest absolute Gasteiger partial charge is 0.462 e. The number of benzene rings is 1. The molecule has 1 aromatic heterocycles. The molecule has 0 aliphatic rings. The fourth-order valence-electron chi connectivity index (χ4n) is 1.62. The highest BCUT2D eigenvalue weighted by molar-refractivity contribution is 5.45. The SMILES string of the molecule is N#CCc1ccc(NCc2ccc(CO)o2)cc1. The first-order chi connectivity index (χ1) is 8.81. The van der Waals surface area contributed by atoms with Gasteiger partial charge in [0.1, 0.15) is 18.1 Å². The number of hydrogen-bond acceptors (Lipinski definition) is 4. The average molecular weight is 242 g/mol. The van der Waals surface area contributed by atoms with E-state index in [0.29, 0.717) is 18.7 Å². The molecule has 2 rings (SSSR count). The number of rotatable bonds is 5. The van der Waals surface area contributed by atoms with Crippen LogP contribution in [0.15, 0.2) is 40.8 Å². The molecule has 4 heteroatoms. The fourth-order valence-corrected chi connectivity index (χ4v) is 1.62. The highest BCUT2D eigenvalue weighted by Gasteiger charge is 2.00. The van der Waals surface area contributed by atoms with Crippen molar-refractivity contribution >= 4 is 5.69 Å². The van der Waals surface area contributed by atoms with Gasteiger partial charge in [-0.2, -0.15) is 5.26 Å². The molecule has 2 N–H and O–H groups in total. The van der Waals surface area contributed by atoms with Crippen molar-refractivity contribution in [1.29, 1.82) is 5.26 Å². The second-order valence-corrected chi connectivity index (χ2v) is 3.91. The van der Waals surface area contributed by atoms with Crippen LogP contribution in [0.3, 0.4) is 0 Å². The molecule has 1 heterocycles. The Hall–Kier alpha value is -2.25. The van der Waals surface area contributed by atoms with Gasteiger partial charge in [-0.25, -0.2) is 0 Å². The fraction of sp³-hybridized carbons (Fsp3) is 0.214. The summed E-state index contributed by atoms with van der Waals surface area (Å²) < 4.78 is 5.36. The van der Waals surface area contributed by atoms with Gasteiger partial charge in [0, 0.05) is 5.69 Å². The Morgan fingerprint density at radius 1 is 1.11 bits per heavy atom. The number of anilines is 1. The normalized spacial score (nSPS) is 10.0. The highest BCUT2D eigenvalue weighted by Crippen LogP contribution is 2.13. The van der Waals surface area contributed by atoms with Crippen molar-refractivity contribution in [1.82, 2.24) is 0 Å². The molecule has 0 amide bonds. The van der Waals surface area contributed by atoms with E-state index in [1.54, 1.807) is 6.07 Å². The molecule has 92 valence electrons. The van der Waals surface area contributed by atoms with E-state index in [-0.39, 0.29) is 6.61 Å². The molecule has 0 aliphatic heterocycles. The maximum atomic E-state index is 8.88. The number of furan rings is 1. The van der Waals surface area contributed by atoms with Crippen molar-refractivity contribution in [3.05, 3.63) is 53.5 Å². The number of aliphatic hydroxyl groups excluding tert-OH is 1. The molecule has 18 heavy (non-hydrogen) atoms. The monoisotopic (exact) mass is 242 g/mol. The lowest BCUT2D eigenvalue weighted by Crippen LogP contribution is -1.98. The summed E-state index contributed by atoms with van der Waals surface area (Å²) in [7, 11) is 0. The summed E-state index contributed by atoms with van der Waals surface area (Å²) >= 11 is 0. The van der Waals surface area contributed by atoms with Gasteiger partial charge >= 0.3 is 0 Å². The predicted molar refractivity (Wildman–Crippen MR) is 67.7 cm³/mol. The van der Waals surface area contributed by atoms with Crippen LogP contribution in [0, 0.1) is 11.3 Å². The van der Waals surface area contributed by atoms with E-state index in [1.807, 2.05) is 30.3 Å². The molecule has 0 fully saturated rings. The summed E-state index contributed by atoms with van der Waals surface area (Å²) in [4.78, 5) is 0. The van der Waals surface area contributed by atoms with Gasteiger partial charge in [-0.3, -0.25) is 0 Å². The Kier molecular flexibility index (Phi) is 4.00. The van der Waals surface area contributed by atoms with Crippen LogP contribution in [0.1, 0.15) is 17.1 Å². The standard InChI is InChI=1S/C14H14N2O2/c15-8-7-11-1-3-12(4-2-11)16-9-13-5-6-14(10-17)18-13/h1-6,16-17H,7,9-10H2. The molecule has 0 unspecified atom stereocenters. The van der Waals surface area contributed by atoms with Crippen LogP contribution in [0.5, 0.6) is 0 Å². The lowest BCUT2D eigenvalue weighted by molar-refractivity contribution is 0.244. The summed E-state index contributed by atoms with van der Waals surface area (Å²) in [5, 5.41) is 20.7. The number of nitrogens with one attached hydrogen (secondary N) is 1. The molecule has 0 saturated heterocycles. The first kappa shape index (κ1) is 12.2. The second kappa shape index (κ2) is 5.89. The molecular weight excluding hydrogens is 228 g/mol. The third-order valence-corrected chi connectivity index (χ3v) is 2.58. The maximum absolute atomic E-state index is 8.88. The van der Waals surface area contributed by atoms with E-state index in [0.717, 1.165) is 17.0 Å². The molecule has 2 aromatic rings. The van der Waals surface area contributed by atoms with Crippen molar-refractivity contribution in [3.63, 3.8) is 0 Å². The van der Waals surface area contributed by atoms with Crippen LogP contribution in [0.25, 0.3) is 0 Å². The highest BCUT2D eigenvalue weighted by atomic mass is 16.4. The van der Waals surface area contributed by atoms with Crippen LogP contribution in [0.2, 0.25) is 0 Å². The molecule has 0 aliphatic carbocycles. The zero-order chi connectivity index (χ0) is 12.8. The smallest absolute Gasteiger partial charge is 0.129 e. The third-order valence-electron chi connectivity index (χ3n) is 2.58. The molecule has 4 nitrogen and oxygen atoms in total. The molecule has 1 aromatic carbocycles. The third kappa shape index (κ3) is 3.12. The van der Waals surface area contributed by atoms with Gasteiger partial charge in [0.25, 0.3) is 0 Å². The predicted octanol–water partition coefficient (Wildman–Crippen LogP) is 2.45. The molecule has 0 bridgehead atoms. The topological polar surface area (TPSA) is 69.2 Å². The lowest BCUT2D eigenvalue weighted by atomic mass is 10.1. The number of nitrogens with zero attached hydrogens (tertiary/aromatic N) is 1. The maximum Gasteiger partial charge on any atom is 0.129 e. The molecule has 0 radical (unpaired) electrons. The van der Waals surface area contributed by atoms with E-state index in [9.17, 15) is 0 Å². The lowest BCUT2D eigenvalue weighted by Gasteiger charge is -2.04. The van der Waals surface area contributed by atoms with Gasteiger partial charge in [0.2, 0.25) is 0 Å². The van der Waals surface area contributed by atoms with Gasteiger partial charge in [0.15, 0.2) is 0 Å². The minimum atomic E-state index is -0.0805. The molecule has 0 atom stereocenters. The minimum absolute atomic E-state index is 0.0805. The Labute approximate surface area is 105 Å². The van der Waals surface area contributed by atoms with E-state index in [2.05, 4.69) is 11.4 Å². The summed E-state index contributed by atoms with van der Waals surface area (Å²) in [5.41, 5.74) is 1.97. The van der Waals surface area contributed by atoms with Crippen LogP contribution in [-0.4, -0.2) is 5.11 Å². The second-order valence-electron chi connectivity index (χ2n) is 3.91. The number of aliphatic hydroxyl groups is 1. The quantitative estimate of drug-likeness (QED) is 0.845. The van der Waals surface area contributed by atoms with Crippen molar-refractivity contribution < 1.29 is 9.52 Å². The Bertz CT molecular complexity index is 538. The molecular formula is C14H14N2O2. The summed E-state index contributed by atoms with van der Waals surface area (Å²) in [6.45, 7) is 0.487. The van der Waals surface area contributed by atoms with Crippen molar-refractivity contribution in [2.45, 2.75) is 19.6 Å². The van der Waals surface area contributed by atoms with E-state index in [1.165, 1.54) is 0 Å². The summed E-state index contributed by atoms with van der Waals surface area (Å²) in [5.74, 6) is 1.34. The zero-order valence-corrected chi connectivity index (χ0v) is 9.89. The zero-order valence-electron chi connectivity index (χ0n) is 9.89. The molecule has 0 spiro atoms. The van der Waals surface area contributed by atoms with Gasteiger partial charge < -0.3 is 14.8 Å². The van der Waals surface area contributed by atoms with E-state index >= 15 is 0 Å². The Morgan fingerprint density at radius 3 is 2.44 bits per heavy atom. The van der Waals surface area contributed by atoms with E-state index < -0.39 is 0 Å². The van der Waals surface area contributed by atoms with Gasteiger partial charge in [0.05, 0.1) is 19.0 Å². The average Bonchev–Trinajstić information content (AvgIpc) is 2.86. The molecule has 0 saturated carbocycles. The van der Waals surface area contributed by atoms with Crippen LogP contribution in [0.4, 0.5) is 5.69 Å². The number of hydrogen-bond donors (Lipinski definition) is 2. The van der Waals surface area contributed by atoms with Crippen molar-refractivity contribution in [2.24, 2.45) is 0 Å². The van der Waals surface area contributed by atoms with Crippen LogP contribution < -0.4 is 5.32 Å². The van der Waals surface area contributed by atoms with Gasteiger partial charge in [-0.15, -0.1) is 0 Å². The van der Waals surface area contributed by atoms with Crippen molar-refractivity contribution in [3.8, 4) is 6.07 Å². The van der Waals surface area contributed by atoms with Crippen molar-refractivity contribution in [2.75, 3.05) is 5.32 Å². The first-order valence-corrected chi connectivity index (χ1v) is 5.70. The van der Waals surface area contributed by atoms with Gasteiger partial charge in [-0.05, 0) is 29.8 Å². The Balaban J connectivity index is 1.91. The van der Waals surface area contributed by atoms with E-state index in [4.69, 9.17) is 14.8 Å². The Morgan fingerprint density at radius 2 is 1.83 bits per heavy atom. The number of nitriles is 1. The van der Waals surface area contributed by atoms with Crippen LogP contribution in [-0.2, 0) is 19.6 Å². The van der Waals surface area contributed by atoms with Gasteiger partial charge in [-0.1, -0.05) is 12.1 Å². The first-order valence-electron chi connectivity index (χ1n) is 5.70. The summed E-state index contributed by atoms with van der Waals surface area (Å²) in [6, 6.07) is 13.4. The van der Waals surface area contributed by atoms with Crippen LogP contribution >= 0.6 is 0 Å². The minimum Gasteiger partial charge on any atom is -0.462 e.